The van der Waals surface area contributed by atoms with Crippen LogP contribution in [0, 0.1) is 13.8 Å². The van der Waals surface area contributed by atoms with E-state index in [0.29, 0.717) is 18.0 Å². The number of hydrogen-bond acceptors (Lipinski definition) is 4. The molecule has 1 rings (SSSR count). The molecule has 0 saturated carbocycles. The van der Waals surface area contributed by atoms with Crippen molar-refractivity contribution in [1.29, 1.82) is 0 Å². The quantitative estimate of drug-likeness (QED) is 0.791. The molecule has 0 aliphatic carbocycles. The van der Waals surface area contributed by atoms with Crippen LogP contribution in [0.2, 0.25) is 0 Å². The highest BCUT2D eigenvalue weighted by Crippen LogP contribution is 2.13. The Balaban J connectivity index is 2.87. The molecular weight excluding hydrogens is 242 g/mol. The van der Waals surface area contributed by atoms with Gasteiger partial charge in [0.25, 0.3) is 5.56 Å². The number of methoxy groups -OCH3 is 1. The summed E-state index contributed by atoms with van der Waals surface area (Å²) in [4.78, 5) is 19.1. The third kappa shape index (κ3) is 4.44. The van der Waals surface area contributed by atoms with Gasteiger partial charge in [0.05, 0.1) is 12.2 Å². The van der Waals surface area contributed by atoms with Crippen molar-refractivity contribution in [1.82, 2.24) is 15.3 Å². The van der Waals surface area contributed by atoms with Gasteiger partial charge in [0.2, 0.25) is 0 Å². The van der Waals surface area contributed by atoms with Crippen LogP contribution in [0.4, 0.5) is 0 Å². The van der Waals surface area contributed by atoms with Crippen LogP contribution in [0.15, 0.2) is 4.79 Å². The van der Waals surface area contributed by atoms with Gasteiger partial charge >= 0.3 is 0 Å². The average molecular weight is 267 g/mol. The molecule has 0 aliphatic rings. The Kier molecular flexibility index (Phi) is 6.18. The van der Waals surface area contributed by atoms with Crippen molar-refractivity contribution in [3.63, 3.8) is 0 Å². The second-order valence-electron chi connectivity index (χ2n) is 4.98. The van der Waals surface area contributed by atoms with E-state index in [4.69, 9.17) is 4.74 Å². The van der Waals surface area contributed by atoms with E-state index in [2.05, 4.69) is 22.2 Å². The van der Waals surface area contributed by atoms with E-state index in [1.807, 2.05) is 13.8 Å². The number of rotatable bonds is 7. The van der Waals surface area contributed by atoms with Gasteiger partial charge in [-0.1, -0.05) is 13.3 Å². The summed E-state index contributed by atoms with van der Waals surface area (Å²) in [6.07, 6.45) is 2.10. The van der Waals surface area contributed by atoms with Crippen molar-refractivity contribution in [3.8, 4) is 0 Å². The van der Waals surface area contributed by atoms with E-state index in [-0.39, 0.29) is 17.6 Å². The third-order valence-electron chi connectivity index (χ3n) is 3.19. The summed E-state index contributed by atoms with van der Waals surface area (Å²) in [5, 5.41) is 3.45. The van der Waals surface area contributed by atoms with E-state index >= 15 is 0 Å². The van der Waals surface area contributed by atoms with Gasteiger partial charge in [0.15, 0.2) is 0 Å². The summed E-state index contributed by atoms with van der Waals surface area (Å²) in [5.74, 6) is 0.653. The predicted octanol–water partition coefficient (Wildman–Crippen LogP) is 1.85. The Morgan fingerprint density at radius 2 is 2.11 bits per heavy atom. The minimum Gasteiger partial charge on any atom is -0.383 e. The van der Waals surface area contributed by atoms with Crippen LogP contribution in [0.25, 0.3) is 0 Å². The van der Waals surface area contributed by atoms with Crippen LogP contribution < -0.4 is 10.9 Å². The molecular formula is C14H25N3O2. The summed E-state index contributed by atoms with van der Waals surface area (Å²) in [6, 6.07) is 0.216. The lowest BCUT2D eigenvalue weighted by Gasteiger charge is -2.23. The topological polar surface area (TPSA) is 67.0 Å². The maximum absolute atomic E-state index is 12.0. The minimum absolute atomic E-state index is 0.0384. The second-order valence-corrected chi connectivity index (χ2v) is 4.98. The Morgan fingerprint density at radius 3 is 2.63 bits per heavy atom. The van der Waals surface area contributed by atoms with Gasteiger partial charge in [-0.2, -0.15) is 0 Å². The number of hydrogen-bond donors (Lipinski definition) is 2. The fraction of sp³-hybridized carbons (Fsp3) is 0.714. The number of aromatic nitrogens is 2. The first-order valence-corrected chi connectivity index (χ1v) is 6.82. The molecule has 1 aromatic rings. The molecule has 0 spiro atoms. The standard InChI is InChI=1S/C14H25N3O2/c1-6-7-12(8-19-5)16-10(3)13-9(2)15-11(4)17-14(13)18/h10,12,16H,6-8H2,1-5H3,(H,15,17,18). The van der Waals surface area contributed by atoms with Crippen molar-refractivity contribution >= 4 is 0 Å². The zero-order valence-corrected chi connectivity index (χ0v) is 12.5. The van der Waals surface area contributed by atoms with Gasteiger partial charge in [-0.15, -0.1) is 0 Å². The molecule has 1 heterocycles. The van der Waals surface area contributed by atoms with Crippen LogP contribution in [0.5, 0.6) is 0 Å². The molecule has 2 unspecified atom stereocenters. The van der Waals surface area contributed by atoms with E-state index in [1.165, 1.54) is 0 Å². The summed E-state index contributed by atoms with van der Waals surface area (Å²) in [6.45, 7) is 8.45. The van der Waals surface area contributed by atoms with Crippen molar-refractivity contribution in [2.24, 2.45) is 0 Å². The molecule has 5 heteroatoms. The maximum atomic E-state index is 12.0. The van der Waals surface area contributed by atoms with E-state index in [1.54, 1.807) is 14.0 Å². The highest BCUT2D eigenvalue weighted by Gasteiger charge is 2.18. The van der Waals surface area contributed by atoms with E-state index < -0.39 is 0 Å². The van der Waals surface area contributed by atoms with Crippen molar-refractivity contribution in [2.45, 2.75) is 52.6 Å². The van der Waals surface area contributed by atoms with E-state index in [0.717, 1.165) is 18.5 Å². The number of nitrogens with zero attached hydrogens (tertiary/aromatic N) is 1. The van der Waals surface area contributed by atoms with Gasteiger partial charge in [0, 0.05) is 24.9 Å². The summed E-state index contributed by atoms with van der Waals surface area (Å²) in [5.41, 5.74) is 1.44. The van der Waals surface area contributed by atoms with Crippen LogP contribution in [-0.2, 0) is 4.74 Å². The molecule has 19 heavy (non-hydrogen) atoms. The fourth-order valence-corrected chi connectivity index (χ4v) is 2.45. The number of aryl methyl sites for hydroxylation is 2. The van der Waals surface area contributed by atoms with Crippen molar-refractivity contribution < 1.29 is 4.74 Å². The van der Waals surface area contributed by atoms with Gasteiger partial charge in [0.1, 0.15) is 5.82 Å². The number of aromatic amines is 1. The number of ether oxygens (including phenoxy) is 1. The number of nitrogens with one attached hydrogen (secondary N) is 2. The first-order valence-electron chi connectivity index (χ1n) is 6.82. The predicted molar refractivity (Wildman–Crippen MR) is 76.5 cm³/mol. The highest BCUT2D eigenvalue weighted by atomic mass is 16.5. The number of H-pyrrole nitrogens is 1. The fourth-order valence-electron chi connectivity index (χ4n) is 2.45. The Hall–Kier alpha value is -1.20. The molecule has 0 aliphatic heterocycles. The van der Waals surface area contributed by atoms with Crippen molar-refractivity contribution in [2.75, 3.05) is 13.7 Å². The summed E-state index contributed by atoms with van der Waals surface area (Å²) < 4.78 is 5.21. The van der Waals surface area contributed by atoms with Gasteiger partial charge in [-0.3, -0.25) is 4.79 Å². The SMILES string of the molecule is CCCC(COC)NC(C)c1c(C)nc(C)[nH]c1=O. The molecule has 0 aromatic carbocycles. The van der Waals surface area contributed by atoms with Gasteiger partial charge < -0.3 is 15.0 Å². The van der Waals surface area contributed by atoms with Crippen LogP contribution in [-0.4, -0.2) is 29.7 Å². The monoisotopic (exact) mass is 267 g/mol. The van der Waals surface area contributed by atoms with Gasteiger partial charge in [-0.05, 0) is 27.2 Å². The minimum atomic E-state index is -0.0577. The lowest BCUT2D eigenvalue weighted by Crippen LogP contribution is -2.37. The molecule has 0 amide bonds. The molecule has 2 N–H and O–H groups in total. The molecule has 2 atom stereocenters. The zero-order valence-electron chi connectivity index (χ0n) is 12.5. The first kappa shape index (κ1) is 15.9. The van der Waals surface area contributed by atoms with Crippen LogP contribution in [0.3, 0.4) is 0 Å². The van der Waals surface area contributed by atoms with Crippen molar-refractivity contribution in [3.05, 3.63) is 27.4 Å². The summed E-state index contributed by atoms with van der Waals surface area (Å²) >= 11 is 0. The summed E-state index contributed by atoms with van der Waals surface area (Å²) in [7, 11) is 1.69. The van der Waals surface area contributed by atoms with Gasteiger partial charge in [-0.25, -0.2) is 4.98 Å². The lowest BCUT2D eigenvalue weighted by atomic mass is 10.1. The normalized spacial score (nSPS) is 14.4. The maximum Gasteiger partial charge on any atom is 0.255 e. The van der Waals surface area contributed by atoms with Crippen LogP contribution >= 0.6 is 0 Å². The second kappa shape index (κ2) is 7.40. The molecule has 0 saturated heterocycles. The molecule has 5 nitrogen and oxygen atoms in total. The smallest absolute Gasteiger partial charge is 0.255 e. The zero-order chi connectivity index (χ0) is 14.4. The largest absolute Gasteiger partial charge is 0.383 e. The Bertz CT molecular complexity index is 450. The first-order chi connectivity index (χ1) is 8.99. The van der Waals surface area contributed by atoms with Crippen LogP contribution in [0.1, 0.15) is 49.8 Å². The molecule has 0 bridgehead atoms. The molecule has 0 fully saturated rings. The lowest BCUT2D eigenvalue weighted by molar-refractivity contribution is 0.157. The Morgan fingerprint density at radius 1 is 1.42 bits per heavy atom. The Labute approximate surface area is 114 Å². The molecule has 0 radical (unpaired) electrons. The third-order valence-corrected chi connectivity index (χ3v) is 3.19. The highest BCUT2D eigenvalue weighted by molar-refractivity contribution is 5.20. The molecule has 1 aromatic heterocycles. The van der Waals surface area contributed by atoms with E-state index in [9.17, 15) is 4.79 Å². The molecule has 108 valence electrons. The average Bonchev–Trinajstić information content (AvgIpc) is 2.27.